The average molecular weight is 193 g/mol. The van der Waals surface area contributed by atoms with Gasteiger partial charge in [-0.2, -0.15) is 4.57 Å². The van der Waals surface area contributed by atoms with Crippen molar-refractivity contribution in [3.63, 3.8) is 0 Å². The van der Waals surface area contributed by atoms with Crippen LogP contribution in [0.15, 0.2) is 25.7 Å². The summed E-state index contributed by atoms with van der Waals surface area (Å²) in [5, 5.41) is 0. The molecule has 0 unspecified atom stereocenters. The van der Waals surface area contributed by atoms with Gasteiger partial charge < -0.3 is 19.3 Å². The Hall–Kier alpha value is -1.42. The van der Waals surface area contributed by atoms with E-state index in [9.17, 15) is 9.36 Å². The predicted octanol–water partition coefficient (Wildman–Crippen LogP) is 1.51. The highest BCUT2D eigenvalue weighted by atomic mass is 31.2. The van der Waals surface area contributed by atoms with Gasteiger partial charge in [-0.3, -0.25) is 0 Å². The molecule has 1 amide bonds. The molecule has 0 aromatic heterocycles. The Bertz CT molecular complexity index is 224. The Kier molecular flexibility index (Phi) is 3.93. The quantitative estimate of drug-likeness (QED) is 0.528. The molecule has 0 bridgehead atoms. The maximum atomic E-state index is 11.1. The molecule has 0 atom stereocenters. The molecule has 0 aromatic carbocycles. The third-order valence-corrected chi connectivity index (χ3v) is 1.83. The molecule has 0 heterocycles. The van der Waals surface area contributed by atoms with Crippen LogP contribution in [-0.2, 0) is 18.1 Å². The molecule has 0 saturated heterocycles. The number of nitrogens with two attached hydrogens (primary N) is 1. The number of carbonyl (C=O) groups is 1. The SMILES string of the molecule is C=COP(=O)(OC=C)OC(N)=O. The van der Waals surface area contributed by atoms with E-state index in [4.69, 9.17) is 0 Å². The van der Waals surface area contributed by atoms with Gasteiger partial charge >= 0.3 is 13.9 Å². The van der Waals surface area contributed by atoms with E-state index in [-0.39, 0.29) is 0 Å². The molecule has 0 radical (unpaired) electrons. The van der Waals surface area contributed by atoms with Crippen molar-refractivity contribution in [1.29, 1.82) is 0 Å². The van der Waals surface area contributed by atoms with E-state index < -0.39 is 13.9 Å². The van der Waals surface area contributed by atoms with Crippen LogP contribution in [0.2, 0.25) is 0 Å². The first kappa shape index (κ1) is 10.6. The molecule has 0 rings (SSSR count). The summed E-state index contributed by atoms with van der Waals surface area (Å²) in [5.41, 5.74) is 4.58. The number of primary amides is 1. The van der Waals surface area contributed by atoms with Crippen molar-refractivity contribution < 1.29 is 22.9 Å². The third-order valence-electron chi connectivity index (χ3n) is 0.609. The second kappa shape index (κ2) is 4.46. The van der Waals surface area contributed by atoms with Gasteiger partial charge in [-0.15, -0.1) is 0 Å². The molecule has 2 N–H and O–H groups in total. The van der Waals surface area contributed by atoms with Crippen molar-refractivity contribution in [3.8, 4) is 0 Å². The molecule has 0 spiro atoms. The zero-order valence-corrected chi connectivity index (χ0v) is 7.03. The summed E-state index contributed by atoms with van der Waals surface area (Å²) in [5.74, 6) is 0. The highest BCUT2D eigenvalue weighted by Gasteiger charge is 2.30. The fourth-order valence-electron chi connectivity index (χ4n) is 0.361. The van der Waals surface area contributed by atoms with Crippen LogP contribution in [0.25, 0.3) is 0 Å². The monoisotopic (exact) mass is 193 g/mol. The number of hydrogen-bond acceptors (Lipinski definition) is 5. The van der Waals surface area contributed by atoms with Crippen LogP contribution in [0.5, 0.6) is 0 Å². The van der Waals surface area contributed by atoms with Crippen LogP contribution in [0, 0.1) is 0 Å². The second-order valence-electron chi connectivity index (χ2n) is 1.40. The fraction of sp³-hybridized carbons (Fsp3) is 0. The van der Waals surface area contributed by atoms with E-state index in [1.807, 2.05) is 0 Å². The number of phosphoric ester groups is 1. The molecular formula is C5H8NO5P. The fourth-order valence-corrected chi connectivity index (χ4v) is 1.08. The first-order valence-corrected chi connectivity index (χ1v) is 4.18. The Morgan fingerprint density at radius 3 is 2.00 bits per heavy atom. The number of rotatable bonds is 5. The summed E-state index contributed by atoms with van der Waals surface area (Å²) in [4.78, 5) is 10.2. The van der Waals surface area contributed by atoms with Crippen molar-refractivity contribution in [1.82, 2.24) is 0 Å². The lowest BCUT2D eigenvalue weighted by Gasteiger charge is -2.11. The number of amides is 1. The van der Waals surface area contributed by atoms with Gasteiger partial charge in [0.1, 0.15) is 0 Å². The zero-order valence-electron chi connectivity index (χ0n) is 6.13. The average Bonchev–Trinajstić information content (AvgIpc) is 1.85. The Morgan fingerprint density at radius 1 is 1.33 bits per heavy atom. The van der Waals surface area contributed by atoms with E-state index in [1.54, 1.807) is 0 Å². The van der Waals surface area contributed by atoms with Gasteiger partial charge in [-0.25, -0.2) is 4.79 Å². The van der Waals surface area contributed by atoms with E-state index in [0.717, 1.165) is 12.5 Å². The topological polar surface area (TPSA) is 87.8 Å². The van der Waals surface area contributed by atoms with Gasteiger partial charge in [-0.05, 0) is 0 Å². The van der Waals surface area contributed by atoms with Crippen LogP contribution < -0.4 is 5.73 Å². The number of phosphoric acid groups is 1. The predicted molar refractivity (Wildman–Crippen MR) is 40.8 cm³/mol. The highest BCUT2D eigenvalue weighted by molar-refractivity contribution is 7.49. The van der Waals surface area contributed by atoms with Crippen molar-refractivity contribution in [2.75, 3.05) is 0 Å². The lowest BCUT2D eigenvalue weighted by Crippen LogP contribution is -2.12. The van der Waals surface area contributed by atoms with Crippen LogP contribution in [0.1, 0.15) is 0 Å². The van der Waals surface area contributed by atoms with Crippen LogP contribution in [0.4, 0.5) is 4.79 Å². The molecule has 0 saturated carbocycles. The molecule has 0 aliphatic rings. The largest absolute Gasteiger partial charge is 0.649 e. The van der Waals surface area contributed by atoms with Gasteiger partial charge in [-0.1, -0.05) is 13.2 Å². The minimum Gasteiger partial charge on any atom is -0.394 e. The zero-order chi connectivity index (χ0) is 9.61. The second-order valence-corrected chi connectivity index (χ2v) is 2.90. The maximum absolute atomic E-state index is 11.1. The molecule has 12 heavy (non-hydrogen) atoms. The Labute approximate surface area is 69.2 Å². The van der Waals surface area contributed by atoms with Gasteiger partial charge in [0.2, 0.25) is 0 Å². The smallest absolute Gasteiger partial charge is 0.394 e. The summed E-state index contributed by atoms with van der Waals surface area (Å²) in [6, 6.07) is 0. The van der Waals surface area contributed by atoms with Gasteiger partial charge in [0.25, 0.3) is 0 Å². The van der Waals surface area contributed by atoms with E-state index >= 15 is 0 Å². The maximum Gasteiger partial charge on any atom is 0.649 e. The molecule has 0 fully saturated rings. The Balaban J connectivity index is 4.37. The van der Waals surface area contributed by atoms with Crippen LogP contribution in [-0.4, -0.2) is 6.09 Å². The summed E-state index contributed by atoms with van der Waals surface area (Å²) < 4.78 is 23.7. The summed E-state index contributed by atoms with van der Waals surface area (Å²) in [6.45, 7) is 6.19. The standard InChI is InChI=1S/C5H8NO5P/c1-3-9-12(8,10-4-2)11-5(6)7/h3-4H,1-2H2,(H2,6,7). The molecule has 0 aliphatic heterocycles. The minimum absolute atomic E-state index is 0.799. The number of carbonyl (C=O) groups excluding carboxylic acids is 1. The summed E-state index contributed by atoms with van der Waals surface area (Å²) in [7, 11) is -3.99. The first-order valence-electron chi connectivity index (χ1n) is 2.72. The van der Waals surface area contributed by atoms with E-state index in [0.29, 0.717) is 0 Å². The van der Waals surface area contributed by atoms with Gasteiger partial charge in [0.15, 0.2) is 0 Å². The number of hydrogen-bond donors (Lipinski definition) is 1. The first-order chi connectivity index (χ1) is 5.54. The van der Waals surface area contributed by atoms with E-state index in [2.05, 4.69) is 32.5 Å². The molecule has 0 aliphatic carbocycles. The summed E-state index contributed by atoms with van der Waals surface area (Å²) >= 11 is 0. The van der Waals surface area contributed by atoms with Gasteiger partial charge in [0, 0.05) is 0 Å². The molecular weight excluding hydrogens is 185 g/mol. The highest BCUT2D eigenvalue weighted by Crippen LogP contribution is 2.49. The normalized spacial score (nSPS) is 9.67. The lowest BCUT2D eigenvalue weighted by molar-refractivity contribution is 0.177. The van der Waals surface area contributed by atoms with Crippen LogP contribution >= 0.6 is 7.82 Å². The molecule has 7 heteroatoms. The lowest BCUT2D eigenvalue weighted by atomic mass is 11.2. The van der Waals surface area contributed by atoms with Crippen LogP contribution in [0.3, 0.4) is 0 Å². The third kappa shape index (κ3) is 3.68. The summed E-state index contributed by atoms with van der Waals surface area (Å²) in [6.07, 6.45) is 0.322. The van der Waals surface area contributed by atoms with E-state index in [1.165, 1.54) is 0 Å². The minimum atomic E-state index is -3.99. The molecule has 6 nitrogen and oxygen atoms in total. The molecule has 0 aromatic rings. The molecule has 68 valence electrons. The van der Waals surface area contributed by atoms with Crippen molar-refractivity contribution in [3.05, 3.63) is 25.7 Å². The Morgan fingerprint density at radius 2 is 1.75 bits per heavy atom. The van der Waals surface area contributed by atoms with Crippen molar-refractivity contribution in [2.45, 2.75) is 0 Å². The van der Waals surface area contributed by atoms with Crippen molar-refractivity contribution >= 4 is 13.9 Å². The van der Waals surface area contributed by atoms with Crippen molar-refractivity contribution in [2.24, 2.45) is 5.73 Å². The van der Waals surface area contributed by atoms with Gasteiger partial charge in [0.05, 0.1) is 12.5 Å².